The van der Waals surface area contributed by atoms with Crippen molar-refractivity contribution in [3.05, 3.63) is 53.2 Å². The zero-order valence-electron chi connectivity index (χ0n) is 16.5. The molecule has 0 unspecified atom stereocenters. The van der Waals surface area contributed by atoms with Crippen LogP contribution in [-0.4, -0.2) is 44.7 Å². The molecule has 1 aliphatic rings. The summed E-state index contributed by atoms with van der Waals surface area (Å²) in [6, 6.07) is 10.6. The first kappa shape index (κ1) is 19.0. The van der Waals surface area contributed by atoms with Gasteiger partial charge in [0, 0.05) is 39.8 Å². The van der Waals surface area contributed by atoms with Crippen LogP contribution >= 0.6 is 0 Å². The molecule has 27 heavy (non-hydrogen) atoms. The van der Waals surface area contributed by atoms with Gasteiger partial charge in [-0.3, -0.25) is 0 Å². The molecule has 0 radical (unpaired) electrons. The van der Waals surface area contributed by atoms with Crippen LogP contribution in [0, 0.1) is 0 Å². The largest absolute Gasteiger partial charge is 0.493 e. The lowest BCUT2D eigenvalue weighted by molar-refractivity contribution is 0.357. The van der Waals surface area contributed by atoms with Crippen molar-refractivity contribution in [1.82, 2.24) is 15.6 Å². The summed E-state index contributed by atoms with van der Waals surface area (Å²) >= 11 is 0. The van der Waals surface area contributed by atoms with Gasteiger partial charge in [0.2, 0.25) is 0 Å². The van der Waals surface area contributed by atoms with E-state index < -0.39 is 0 Å². The van der Waals surface area contributed by atoms with Crippen LogP contribution < -0.4 is 20.3 Å². The van der Waals surface area contributed by atoms with Gasteiger partial charge in [-0.1, -0.05) is 12.1 Å². The van der Waals surface area contributed by atoms with E-state index in [4.69, 9.17) is 9.73 Å². The number of rotatable bonds is 7. The van der Waals surface area contributed by atoms with Gasteiger partial charge in [-0.25, -0.2) is 9.98 Å². The summed E-state index contributed by atoms with van der Waals surface area (Å²) < 4.78 is 5.57. The standard InChI is InChI=1S/C21H29N5O/c1-4-22-21(25-15-17-8-10-23-20(14-17)26(2)3)24-11-7-16-5-6-19-18(13-16)9-12-27-19/h5-6,8,10,13-14H,4,7,9,11-12,15H2,1-3H3,(H2,22,24,25). The molecule has 1 aliphatic heterocycles. The number of benzene rings is 1. The van der Waals surface area contributed by atoms with Crippen molar-refractivity contribution in [2.24, 2.45) is 4.99 Å². The van der Waals surface area contributed by atoms with E-state index in [2.05, 4.69) is 46.8 Å². The van der Waals surface area contributed by atoms with E-state index in [-0.39, 0.29) is 0 Å². The molecule has 2 N–H and O–H groups in total. The van der Waals surface area contributed by atoms with Crippen molar-refractivity contribution in [3.8, 4) is 5.75 Å². The number of hydrogen-bond donors (Lipinski definition) is 2. The van der Waals surface area contributed by atoms with E-state index in [0.717, 1.165) is 55.6 Å². The van der Waals surface area contributed by atoms with E-state index in [9.17, 15) is 0 Å². The fourth-order valence-electron chi connectivity index (χ4n) is 3.04. The summed E-state index contributed by atoms with van der Waals surface area (Å²) in [6.45, 7) is 5.17. The minimum atomic E-state index is 0.620. The van der Waals surface area contributed by atoms with Gasteiger partial charge in [0.25, 0.3) is 0 Å². The molecule has 0 saturated carbocycles. The summed E-state index contributed by atoms with van der Waals surface area (Å²) in [7, 11) is 3.98. The highest BCUT2D eigenvalue weighted by Crippen LogP contribution is 2.25. The van der Waals surface area contributed by atoms with Gasteiger partial charge >= 0.3 is 0 Å². The third kappa shape index (κ3) is 5.36. The van der Waals surface area contributed by atoms with Gasteiger partial charge in [0.15, 0.2) is 5.96 Å². The monoisotopic (exact) mass is 367 g/mol. The Morgan fingerprint density at radius 2 is 2.07 bits per heavy atom. The first-order valence-corrected chi connectivity index (χ1v) is 9.54. The zero-order chi connectivity index (χ0) is 19.1. The third-order valence-corrected chi connectivity index (χ3v) is 4.49. The number of anilines is 1. The molecule has 144 valence electrons. The predicted molar refractivity (Wildman–Crippen MR) is 111 cm³/mol. The molecular formula is C21H29N5O. The van der Waals surface area contributed by atoms with Gasteiger partial charge in [-0.05, 0) is 48.2 Å². The maximum atomic E-state index is 5.57. The van der Waals surface area contributed by atoms with Crippen molar-refractivity contribution in [3.63, 3.8) is 0 Å². The number of guanidine groups is 1. The smallest absolute Gasteiger partial charge is 0.191 e. The highest BCUT2D eigenvalue weighted by molar-refractivity contribution is 5.79. The minimum absolute atomic E-state index is 0.620. The molecule has 0 fully saturated rings. The normalized spacial score (nSPS) is 13.1. The molecule has 6 nitrogen and oxygen atoms in total. The van der Waals surface area contributed by atoms with Crippen LogP contribution in [-0.2, 0) is 19.4 Å². The number of aromatic nitrogens is 1. The Kier molecular flexibility index (Phi) is 6.52. The van der Waals surface area contributed by atoms with Crippen molar-refractivity contribution in [2.45, 2.75) is 26.3 Å². The Bertz CT molecular complexity index is 788. The molecule has 0 spiro atoms. The lowest BCUT2D eigenvalue weighted by Gasteiger charge is -2.13. The maximum Gasteiger partial charge on any atom is 0.191 e. The van der Waals surface area contributed by atoms with Crippen LogP contribution in [0.5, 0.6) is 5.75 Å². The molecule has 0 aliphatic carbocycles. The van der Waals surface area contributed by atoms with Crippen LogP contribution in [0.2, 0.25) is 0 Å². The van der Waals surface area contributed by atoms with Gasteiger partial charge < -0.3 is 20.3 Å². The number of pyridine rings is 1. The SMILES string of the molecule is CCNC(=NCc1ccnc(N(C)C)c1)NCCc1ccc2c(c1)CCO2. The lowest BCUT2D eigenvalue weighted by Crippen LogP contribution is -2.38. The summed E-state index contributed by atoms with van der Waals surface area (Å²) in [6.07, 6.45) is 3.80. The maximum absolute atomic E-state index is 5.57. The minimum Gasteiger partial charge on any atom is -0.493 e. The Morgan fingerprint density at radius 3 is 2.89 bits per heavy atom. The average molecular weight is 367 g/mol. The predicted octanol–water partition coefficient (Wildman–Crippen LogP) is 2.38. The molecule has 0 saturated heterocycles. The second-order valence-corrected chi connectivity index (χ2v) is 6.83. The second kappa shape index (κ2) is 9.26. The quantitative estimate of drug-likeness (QED) is 0.581. The van der Waals surface area contributed by atoms with E-state index in [1.807, 2.05) is 31.3 Å². The van der Waals surface area contributed by atoms with Gasteiger partial charge in [-0.15, -0.1) is 0 Å². The molecule has 2 heterocycles. The molecule has 1 aromatic heterocycles. The van der Waals surface area contributed by atoms with Crippen LogP contribution in [0.4, 0.5) is 5.82 Å². The molecule has 0 amide bonds. The van der Waals surface area contributed by atoms with E-state index in [1.54, 1.807) is 0 Å². The first-order valence-electron chi connectivity index (χ1n) is 9.54. The van der Waals surface area contributed by atoms with Crippen molar-refractivity contribution < 1.29 is 4.74 Å². The summed E-state index contributed by atoms with van der Waals surface area (Å²) in [4.78, 5) is 11.0. The van der Waals surface area contributed by atoms with E-state index in [1.165, 1.54) is 11.1 Å². The number of fused-ring (bicyclic) bond motifs is 1. The Labute approximate surface area is 161 Å². The number of nitrogens with zero attached hydrogens (tertiary/aromatic N) is 3. The molecule has 1 aromatic carbocycles. The van der Waals surface area contributed by atoms with Crippen molar-refractivity contribution in [1.29, 1.82) is 0 Å². The molecule has 0 bridgehead atoms. The number of ether oxygens (including phenoxy) is 1. The van der Waals surface area contributed by atoms with Gasteiger partial charge in [0.05, 0.1) is 13.2 Å². The second-order valence-electron chi connectivity index (χ2n) is 6.83. The van der Waals surface area contributed by atoms with E-state index >= 15 is 0 Å². The topological polar surface area (TPSA) is 61.8 Å². The Balaban J connectivity index is 1.55. The number of hydrogen-bond acceptors (Lipinski definition) is 4. The summed E-state index contributed by atoms with van der Waals surface area (Å²) in [5, 5.41) is 6.74. The Morgan fingerprint density at radius 1 is 1.19 bits per heavy atom. The molecule has 6 heteroatoms. The molecular weight excluding hydrogens is 338 g/mol. The number of nitrogens with one attached hydrogen (secondary N) is 2. The average Bonchev–Trinajstić information content (AvgIpc) is 3.14. The lowest BCUT2D eigenvalue weighted by atomic mass is 10.1. The highest BCUT2D eigenvalue weighted by Gasteiger charge is 2.11. The van der Waals surface area contributed by atoms with Crippen molar-refractivity contribution >= 4 is 11.8 Å². The first-order chi connectivity index (χ1) is 13.2. The summed E-state index contributed by atoms with van der Waals surface area (Å²) in [5.41, 5.74) is 3.79. The van der Waals surface area contributed by atoms with E-state index in [0.29, 0.717) is 6.54 Å². The summed E-state index contributed by atoms with van der Waals surface area (Å²) in [5.74, 6) is 2.82. The van der Waals surface area contributed by atoms with Crippen LogP contribution in [0.15, 0.2) is 41.5 Å². The van der Waals surface area contributed by atoms with Crippen molar-refractivity contribution in [2.75, 3.05) is 38.7 Å². The fourth-order valence-corrected chi connectivity index (χ4v) is 3.04. The Hall–Kier alpha value is -2.76. The molecule has 2 aromatic rings. The molecule has 3 rings (SSSR count). The van der Waals surface area contributed by atoms with Crippen LogP contribution in [0.1, 0.15) is 23.6 Å². The third-order valence-electron chi connectivity index (χ3n) is 4.49. The highest BCUT2D eigenvalue weighted by atomic mass is 16.5. The fraction of sp³-hybridized carbons (Fsp3) is 0.429. The van der Waals surface area contributed by atoms with Gasteiger partial charge in [0.1, 0.15) is 11.6 Å². The van der Waals surface area contributed by atoms with Crippen LogP contribution in [0.25, 0.3) is 0 Å². The van der Waals surface area contributed by atoms with Gasteiger partial charge in [-0.2, -0.15) is 0 Å². The zero-order valence-corrected chi connectivity index (χ0v) is 16.5. The van der Waals surface area contributed by atoms with Crippen LogP contribution in [0.3, 0.4) is 0 Å². The molecule has 0 atom stereocenters. The number of aliphatic imine (C=N–C) groups is 1.